The number of benzene rings is 2. The molecule has 2 aromatic carbocycles. The highest BCUT2D eigenvalue weighted by Crippen LogP contribution is 2.44. The van der Waals surface area contributed by atoms with E-state index in [-0.39, 0.29) is 25.5 Å². The van der Waals surface area contributed by atoms with Crippen LogP contribution in [0.25, 0.3) is 11.1 Å². The lowest BCUT2D eigenvalue weighted by Crippen LogP contribution is -2.52. The maximum atomic E-state index is 13.3. The number of carbonyl (C=O) groups is 5. The van der Waals surface area contributed by atoms with Crippen LogP contribution in [-0.4, -0.2) is 77.9 Å². The van der Waals surface area contributed by atoms with Crippen LogP contribution in [-0.2, 0) is 28.5 Å². The van der Waals surface area contributed by atoms with Crippen LogP contribution in [0.5, 0.6) is 0 Å². The minimum Gasteiger partial charge on any atom is -0.480 e. The third-order valence-electron chi connectivity index (χ3n) is 7.22. The first-order valence-electron chi connectivity index (χ1n) is 16.0. The average molecular weight is 670 g/mol. The summed E-state index contributed by atoms with van der Waals surface area (Å²) in [7, 11) is 0. The number of nitrogens with one attached hydrogen (secondary N) is 3. The smallest absolute Gasteiger partial charge is 0.408 e. The van der Waals surface area contributed by atoms with Gasteiger partial charge in [0, 0.05) is 12.5 Å². The predicted molar refractivity (Wildman–Crippen MR) is 176 cm³/mol. The van der Waals surface area contributed by atoms with E-state index in [0.717, 1.165) is 22.3 Å². The Morgan fingerprint density at radius 1 is 0.771 bits per heavy atom. The number of esters is 1. The molecular formula is C35H47N3O10. The van der Waals surface area contributed by atoms with Crippen LogP contribution < -0.4 is 16.0 Å². The zero-order valence-electron chi connectivity index (χ0n) is 28.6. The standard InChI is InChI=1S/C35H47N3O10/c1-21(28(29(39)40)38-33(44)48-35(5,6)7)46-30(41)27(18-12-13-19-36-31(42)47-34(2,3)4)37-32(43)45-20-26-24-16-10-8-14-22(24)23-15-9-11-17-25(23)26/h8-11,14-17,21,26-28H,12-13,18-20H2,1-7H3,(H,36,42)(H,37,43)(H,38,44)(H,39,40)/t21?,27-,28-/m0/s1. The van der Waals surface area contributed by atoms with E-state index in [0.29, 0.717) is 12.8 Å². The van der Waals surface area contributed by atoms with Crippen molar-refractivity contribution in [2.24, 2.45) is 0 Å². The zero-order valence-corrected chi connectivity index (χ0v) is 28.6. The number of alkyl carbamates (subject to hydrolysis) is 3. The largest absolute Gasteiger partial charge is 0.480 e. The molecule has 13 nitrogen and oxygen atoms in total. The number of carbonyl (C=O) groups excluding carboxylic acids is 4. The highest BCUT2D eigenvalue weighted by molar-refractivity contribution is 5.84. The maximum absolute atomic E-state index is 13.3. The van der Waals surface area contributed by atoms with Gasteiger partial charge in [-0.2, -0.15) is 0 Å². The highest BCUT2D eigenvalue weighted by Gasteiger charge is 2.34. The van der Waals surface area contributed by atoms with Crippen molar-refractivity contribution >= 4 is 30.2 Å². The quantitative estimate of drug-likeness (QED) is 0.121. The van der Waals surface area contributed by atoms with Gasteiger partial charge in [0.25, 0.3) is 0 Å². The number of ether oxygens (including phenoxy) is 4. The van der Waals surface area contributed by atoms with Gasteiger partial charge in [0.1, 0.15) is 30.0 Å². The van der Waals surface area contributed by atoms with E-state index < -0.39 is 59.6 Å². The molecule has 0 fully saturated rings. The molecule has 0 bridgehead atoms. The Morgan fingerprint density at radius 3 is 1.85 bits per heavy atom. The number of carboxylic acids is 1. The summed E-state index contributed by atoms with van der Waals surface area (Å²) in [5.74, 6) is -2.58. The molecule has 3 amide bonds. The van der Waals surface area contributed by atoms with E-state index in [1.807, 2.05) is 48.5 Å². The van der Waals surface area contributed by atoms with Crippen molar-refractivity contribution in [3.63, 3.8) is 0 Å². The number of hydrogen-bond acceptors (Lipinski definition) is 9. The Labute approximate surface area is 281 Å². The van der Waals surface area contributed by atoms with Gasteiger partial charge in [-0.15, -0.1) is 0 Å². The summed E-state index contributed by atoms with van der Waals surface area (Å²) in [5, 5.41) is 17.1. The van der Waals surface area contributed by atoms with Crippen LogP contribution in [0.1, 0.15) is 84.8 Å². The molecule has 3 atom stereocenters. The van der Waals surface area contributed by atoms with E-state index in [4.69, 9.17) is 18.9 Å². The molecule has 0 heterocycles. The normalized spacial score (nSPS) is 14.3. The van der Waals surface area contributed by atoms with Crippen molar-refractivity contribution in [2.75, 3.05) is 13.2 Å². The molecule has 0 spiro atoms. The lowest BCUT2D eigenvalue weighted by molar-refractivity contribution is -0.156. The fraction of sp³-hybridized carbons (Fsp3) is 0.514. The van der Waals surface area contributed by atoms with E-state index >= 15 is 0 Å². The fourth-order valence-corrected chi connectivity index (χ4v) is 5.16. The molecule has 2 aromatic rings. The summed E-state index contributed by atoms with van der Waals surface area (Å²) in [4.78, 5) is 62.6. The summed E-state index contributed by atoms with van der Waals surface area (Å²) < 4.78 is 21.4. The minimum atomic E-state index is -1.63. The second-order valence-corrected chi connectivity index (χ2v) is 13.6. The Morgan fingerprint density at radius 2 is 1.31 bits per heavy atom. The maximum Gasteiger partial charge on any atom is 0.408 e. The first kappa shape index (κ1) is 37.6. The third kappa shape index (κ3) is 11.5. The van der Waals surface area contributed by atoms with Crippen molar-refractivity contribution in [1.29, 1.82) is 0 Å². The number of unbranched alkanes of at least 4 members (excludes halogenated alkanes) is 1. The Hall–Kier alpha value is -4.81. The van der Waals surface area contributed by atoms with Gasteiger partial charge >= 0.3 is 30.2 Å². The molecule has 0 saturated carbocycles. The molecular weight excluding hydrogens is 622 g/mol. The van der Waals surface area contributed by atoms with Crippen LogP contribution in [0, 0.1) is 0 Å². The molecule has 0 aliphatic heterocycles. The van der Waals surface area contributed by atoms with E-state index in [1.165, 1.54) is 6.92 Å². The third-order valence-corrected chi connectivity index (χ3v) is 7.22. The van der Waals surface area contributed by atoms with E-state index in [1.54, 1.807) is 41.5 Å². The fourth-order valence-electron chi connectivity index (χ4n) is 5.16. The molecule has 262 valence electrons. The Bertz CT molecular complexity index is 1420. The lowest BCUT2D eigenvalue weighted by atomic mass is 9.98. The zero-order chi connectivity index (χ0) is 35.6. The van der Waals surface area contributed by atoms with Gasteiger partial charge in [-0.25, -0.2) is 24.0 Å². The second kappa shape index (κ2) is 16.3. The van der Waals surface area contributed by atoms with E-state index in [9.17, 15) is 29.1 Å². The van der Waals surface area contributed by atoms with Gasteiger partial charge in [-0.3, -0.25) is 0 Å². The van der Waals surface area contributed by atoms with E-state index in [2.05, 4.69) is 16.0 Å². The number of amides is 3. The molecule has 0 aromatic heterocycles. The van der Waals surface area contributed by atoms with Crippen LogP contribution in [0.2, 0.25) is 0 Å². The van der Waals surface area contributed by atoms with Crippen molar-refractivity contribution in [3.8, 4) is 11.1 Å². The number of rotatable bonds is 13. The van der Waals surface area contributed by atoms with Gasteiger partial charge in [-0.1, -0.05) is 48.5 Å². The summed E-state index contributed by atoms with van der Waals surface area (Å²) in [6.07, 6.45) is -2.88. The molecule has 48 heavy (non-hydrogen) atoms. The summed E-state index contributed by atoms with van der Waals surface area (Å²) >= 11 is 0. The lowest BCUT2D eigenvalue weighted by Gasteiger charge is -2.26. The van der Waals surface area contributed by atoms with Crippen LogP contribution in [0.4, 0.5) is 14.4 Å². The first-order chi connectivity index (χ1) is 22.4. The molecule has 3 rings (SSSR count). The number of fused-ring (bicyclic) bond motifs is 3. The number of carboxylic acid groups (broad SMARTS) is 1. The molecule has 1 aliphatic carbocycles. The Kier molecular flexibility index (Phi) is 12.8. The predicted octanol–water partition coefficient (Wildman–Crippen LogP) is 5.50. The van der Waals surface area contributed by atoms with Crippen LogP contribution in [0.15, 0.2) is 48.5 Å². The molecule has 0 radical (unpaired) electrons. The molecule has 4 N–H and O–H groups in total. The van der Waals surface area contributed by atoms with Gasteiger partial charge in [-0.05, 0) is 90.0 Å². The van der Waals surface area contributed by atoms with Crippen molar-refractivity contribution in [3.05, 3.63) is 59.7 Å². The van der Waals surface area contributed by atoms with Gasteiger partial charge in [0.2, 0.25) is 0 Å². The highest BCUT2D eigenvalue weighted by atomic mass is 16.6. The SMILES string of the molecule is CC(OC(=O)[C@H](CCCCNC(=O)OC(C)(C)C)NC(=O)OCC1c2ccccc2-c2ccccc21)[C@H](NC(=O)OC(C)(C)C)C(=O)O. The van der Waals surface area contributed by atoms with Crippen LogP contribution in [0.3, 0.4) is 0 Å². The van der Waals surface area contributed by atoms with Crippen molar-refractivity contribution < 1.29 is 48.0 Å². The summed E-state index contributed by atoms with van der Waals surface area (Å²) in [6, 6.07) is 12.9. The van der Waals surface area contributed by atoms with Gasteiger partial charge in [0.05, 0.1) is 0 Å². The molecule has 0 saturated heterocycles. The van der Waals surface area contributed by atoms with Crippen molar-refractivity contribution in [2.45, 2.75) is 103 Å². The van der Waals surface area contributed by atoms with Crippen molar-refractivity contribution in [1.82, 2.24) is 16.0 Å². The second-order valence-electron chi connectivity index (χ2n) is 13.6. The molecule has 13 heteroatoms. The average Bonchev–Trinajstić information content (AvgIpc) is 3.29. The molecule has 1 unspecified atom stereocenters. The Balaban J connectivity index is 1.66. The molecule has 1 aliphatic rings. The first-order valence-corrected chi connectivity index (χ1v) is 16.0. The minimum absolute atomic E-state index is 0.0126. The topological polar surface area (TPSA) is 179 Å². The summed E-state index contributed by atoms with van der Waals surface area (Å²) in [5.41, 5.74) is 2.62. The number of aliphatic carboxylic acids is 1. The monoisotopic (exact) mass is 669 g/mol. The van der Waals surface area contributed by atoms with Gasteiger partial charge < -0.3 is 40.0 Å². The van der Waals surface area contributed by atoms with Gasteiger partial charge in [0.15, 0.2) is 6.04 Å². The van der Waals surface area contributed by atoms with Crippen LogP contribution >= 0.6 is 0 Å². The number of hydrogen-bond donors (Lipinski definition) is 4. The summed E-state index contributed by atoms with van der Waals surface area (Å²) in [6.45, 7) is 11.7.